The molecule has 2 atom stereocenters. The molecule has 0 aliphatic rings. The summed E-state index contributed by atoms with van der Waals surface area (Å²) in [5, 5.41) is 2.26. The number of nitrogens with zero attached hydrogens (tertiary/aromatic N) is 4. The highest BCUT2D eigenvalue weighted by Gasteiger charge is 2.29. The molecule has 0 radical (unpaired) electrons. The summed E-state index contributed by atoms with van der Waals surface area (Å²) < 4.78 is 17.0. The molecular weight excluding hydrogens is 569 g/mol. The summed E-state index contributed by atoms with van der Waals surface area (Å²) in [7, 11) is 0. The Morgan fingerprint density at radius 1 is 0.732 bits per heavy atom. The zero-order chi connectivity index (χ0) is 28.7. The number of carbonyl (C=O) groups excluding carboxylic acids is 2. The van der Waals surface area contributed by atoms with Gasteiger partial charge in [0.1, 0.15) is 11.0 Å². The van der Waals surface area contributed by atoms with E-state index in [1.807, 2.05) is 0 Å². The predicted molar refractivity (Wildman–Crippen MR) is 177 cm³/mol. The highest BCUT2D eigenvalue weighted by molar-refractivity contribution is 7.22. The fourth-order valence-electron chi connectivity index (χ4n) is 6.58. The molecule has 216 valence electrons. The van der Waals surface area contributed by atoms with Crippen LogP contribution in [0.15, 0.2) is 12.1 Å². The van der Waals surface area contributed by atoms with Crippen LogP contribution in [0.4, 0.5) is 0 Å². The second-order valence-electron chi connectivity index (χ2n) is 11.4. The van der Waals surface area contributed by atoms with E-state index in [1.54, 1.807) is 22.7 Å². The molecule has 0 bridgehead atoms. The van der Waals surface area contributed by atoms with Gasteiger partial charge in [0, 0.05) is 23.9 Å². The lowest BCUT2D eigenvalue weighted by Gasteiger charge is -2.20. The van der Waals surface area contributed by atoms with Gasteiger partial charge >= 0.3 is 0 Å². The number of rotatable bonds is 14. The first-order valence-electron chi connectivity index (χ1n) is 15.1. The van der Waals surface area contributed by atoms with E-state index < -0.39 is 0 Å². The molecule has 0 saturated carbocycles. The summed E-state index contributed by atoms with van der Waals surface area (Å²) in [6.45, 7) is 10.9. The Hall–Kier alpha value is -2.62. The van der Waals surface area contributed by atoms with Crippen molar-refractivity contribution >= 4 is 100 Å². The summed E-state index contributed by atoms with van der Waals surface area (Å²) in [4.78, 5) is 25.4. The average Bonchev–Trinajstić information content (AvgIpc) is 3.80. The van der Waals surface area contributed by atoms with Crippen LogP contribution >= 0.6 is 34.4 Å². The fourth-order valence-corrected chi connectivity index (χ4v) is 9.19. The minimum absolute atomic E-state index is 0.548. The van der Waals surface area contributed by atoms with Gasteiger partial charge in [-0.25, -0.2) is 0 Å². The number of benzene rings is 1. The van der Waals surface area contributed by atoms with Crippen molar-refractivity contribution in [2.75, 3.05) is 0 Å². The number of aldehydes is 2. The maximum absolute atomic E-state index is 11.9. The predicted octanol–water partition coefficient (Wildman–Crippen LogP) is 10.1. The van der Waals surface area contributed by atoms with E-state index >= 15 is 0 Å². The minimum Gasteiger partial charge on any atom is -0.338 e. The number of unbranched alkanes of at least 4 members (excludes halogenated alkanes) is 2. The van der Waals surface area contributed by atoms with Gasteiger partial charge in [0.05, 0.1) is 52.9 Å². The monoisotopic (exact) mass is 606 g/mol. The van der Waals surface area contributed by atoms with Crippen molar-refractivity contribution in [3.05, 3.63) is 21.9 Å². The molecule has 0 N–H and O–H groups in total. The number of thiophene rings is 2. The molecule has 41 heavy (non-hydrogen) atoms. The molecule has 0 saturated heterocycles. The van der Waals surface area contributed by atoms with E-state index in [1.165, 1.54) is 61.3 Å². The van der Waals surface area contributed by atoms with Crippen LogP contribution in [-0.4, -0.2) is 30.5 Å². The lowest BCUT2D eigenvalue weighted by atomic mass is 9.99. The van der Waals surface area contributed by atoms with Crippen LogP contribution in [0.1, 0.15) is 98.4 Å². The van der Waals surface area contributed by atoms with Gasteiger partial charge < -0.3 is 9.13 Å². The quantitative estimate of drug-likeness (QED) is 0.116. The number of hydrogen-bond acceptors (Lipinski definition) is 7. The fraction of sp³-hybridized carbons (Fsp3) is 0.500. The topological polar surface area (TPSA) is 69.8 Å². The second-order valence-corrected chi connectivity index (χ2v) is 14.1. The van der Waals surface area contributed by atoms with Gasteiger partial charge in [0.25, 0.3) is 0 Å². The molecule has 6 aromatic rings. The van der Waals surface area contributed by atoms with Crippen LogP contribution in [0.5, 0.6) is 0 Å². The molecule has 6 nitrogen and oxygen atoms in total. The van der Waals surface area contributed by atoms with E-state index in [9.17, 15) is 9.59 Å². The molecule has 0 aliphatic carbocycles. The zero-order valence-corrected chi connectivity index (χ0v) is 26.8. The van der Waals surface area contributed by atoms with Crippen LogP contribution in [0.2, 0.25) is 0 Å². The van der Waals surface area contributed by atoms with Gasteiger partial charge in [-0.3, -0.25) is 9.59 Å². The molecule has 5 heterocycles. The highest BCUT2D eigenvalue weighted by Crippen LogP contribution is 2.48. The van der Waals surface area contributed by atoms with E-state index in [4.69, 9.17) is 8.75 Å². The first-order valence-corrected chi connectivity index (χ1v) is 17.5. The lowest BCUT2D eigenvalue weighted by Crippen LogP contribution is -2.12. The maximum atomic E-state index is 11.9. The highest BCUT2D eigenvalue weighted by atomic mass is 32.1. The third kappa shape index (κ3) is 4.74. The van der Waals surface area contributed by atoms with Crippen molar-refractivity contribution in [2.24, 2.45) is 11.8 Å². The van der Waals surface area contributed by atoms with Crippen LogP contribution in [-0.2, 0) is 13.1 Å². The minimum atomic E-state index is 0.548. The van der Waals surface area contributed by atoms with Crippen molar-refractivity contribution in [1.29, 1.82) is 0 Å². The molecule has 0 aliphatic heterocycles. The van der Waals surface area contributed by atoms with Crippen molar-refractivity contribution in [1.82, 2.24) is 17.9 Å². The molecule has 9 heteroatoms. The first-order chi connectivity index (χ1) is 20.1. The van der Waals surface area contributed by atoms with Crippen molar-refractivity contribution in [3.63, 3.8) is 0 Å². The number of hydrogen-bond donors (Lipinski definition) is 0. The van der Waals surface area contributed by atoms with Crippen LogP contribution in [0, 0.1) is 11.8 Å². The smallest absolute Gasteiger partial charge is 0.160 e. The standard InChI is InChI=1S/C32H38N4O2S3/c1-5-9-11-19(7-3)15-35-23-13-21(17-37)39-31(23)25-27-28(34-41-33-27)26-30(29(25)35)36(16-20(8-4)12-10-6-2)24-14-22(18-38)40-32(24)26/h13-14,17-20H,5-12,15-16H2,1-4H3. The normalized spacial score (nSPS) is 13.9. The molecule has 0 amide bonds. The first kappa shape index (κ1) is 28.5. The third-order valence-electron chi connectivity index (χ3n) is 8.90. The Kier molecular flexibility index (Phi) is 8.30. The van der Waals surface area contributed by atoms with Crippen LogP contribution < -0.4 is 0 Å². The molecule has 2 unspecified atom stereocenters. The van der Waals surface area contributed by atoms with Crippen molar-refractivity contribution in [3.8, 4) is 0 Å². The average molecular weight is 607 g/mol. The van der Waals surface area contributed by atoms with Gasteiger partial charge in [0.2, 0.25) is 0 Å². The Labute approximate surface area is 252 Å². The summed E-state index contributed by atoms with van der Waals surface area (Å²) in [5.41, 5.74) is 6.53. The largest absolute Gasteiger partial charge is 0.338 e. The van der Waals surface area contributed by atoms with E-state index in [-0.39, 0.29) is 0 Å². The maximum Gasteiger partial charge on any atom is 0.160 e. The Morgan fingerprint density at radius 2 is 1.17 bits per heavy atom. The Balaban J connectivity index is 1.75. The van der Waals surface area contributed by atoms with Crippen molar-refractivity contribution < 1.29 is 9.59 Å². The van der Waals surface area contributed by atoms with Crippen molar-refractivity contribution in [2.45, 2.75) is 92.2 Å². The summed E-state index contributed by atoms with van der Waals surface area (Å²) in [6, 6.07) is 4.15. The molecule has 0 spiro atoms. The van der Waals surface area contributed by atoms with Gasteiger partial charge in [0.15, 0.2) is 12.6 Å². The summed E-state index contributed by atoms with van der Waals surface area (Å²) >= 11 is 4.40. The molecule has 6 rings (SSSR count). The van der Waals surface area contributed by atoms with E-state index in [0.29, 0.717) is 11.8 Å². The zero-order valence-electron chi connectivity index (χ0n) is 24.4. The Bertz CT molecular complexity index is 1730. The second kappa shape index (κ2) is 11.9. The summed E-state index contributed by atoms with van der Waals surface area (Å²) in [6.07, 6.45) is 11.4. The van der Waals surface area contributed by atoms with Gasteiger partial charge in [-0.15, -0.1) is 22.7 Å². The number of carbonyl (C=O) groups is 2. The molecule has 0 fully saturated rings. The van der Waals surface area contributed by atoms with Gasteiger partial charge in [-0.05, 0) is 36.8 Å². The molecular formula is C32H38N4O2S3. The Morgan fingerprint density at radius 3 is 1.54 bits per heavy atom. The third-order valence-corrected chi connectivity index (χ3v) is 11.6. The van der Waals surface area contributed by atoms with Gasteiger partial charge in [-0.1, -0.05) is 66.2 Å². The van der Waals surface area contributed by atoms with E-state index in [0.717, 1.165) is 90.5 Å². The van der Waals surface area contributed by atoms with Crippen LogP contribution in [0.3, 0.4) is 0 Å². The number of fused-ring (bicyclic) bond motifs is 10. The van der Waals surface area contributed by atoms with Gasteiger partial charge in [-0.2, -0.15) is 8.75 Å². The van der Waals surface area contributed by atoms with Crippen LogP contribution in [0.25, 0.3) is 53.3 Å². The SMILES string of the molecule is CCCCC(CC)Cn1c2cc(C=O)sc2c2c3nsnc3c3c4sc(C=O)cc4n(CC(CC)CCCC)c3c21. The van der Waals surface area contributed by atoms with E-state index in [2.05, 4.69) is 49.0 Å². The summed E-state index contributed by atoms with van der Waals surface area (Å²) in [5.74, 6) is 1.10. The molecule has 1 aromatic carbocycles. The lowest BCUT2D eigenvalue weighted by molar-refractivity contribution is 0.111. The molecule has 5 aromatic heterocycles. The number of aromatic nitrogens is 4.